The summed E-state index contributed by atoms with van der Waals surface area (Å²) in [6.45, 7) is 6.46. The normalized spacial score (nSPS) is 9.69. The highest BCUT2D eigenvalue weighted by Gasteiger charge is 2.09. The highest BCUT2D eigenvalue weighted by molar-refractivity contribution is 5.96. The molecule has 0 unspecified atom stereocenters. The van der Waals surface area contributed by atoms with Gasteiger partial charge in [0.15, 0.2) is 0 Å². The van der Waals surface area contributed by atoms with Crippen LogP contribution in [0.1, 0.15) is 17.3 Å². The van der Waals surface area contributed by atoms with Crippen molar-refractivity contribution in [1.29, 1.82) is 0 Å². The molecule has 0 aliphatic heterocycles. The van der Waals surface area contributed by atoms with Gasteiger partial charge in [-0.05, 0) is 31.8 Å². The number of hydrogen-bond donors (Lipinski definition) is 1. The van der Waals surface area contributed by atoms with E-state index in [1.54, 1.807) is 19.2 Å². The first-order valence-corrected chi connectivity index (χ1v) is 5.18. The molecule has 1 aromatic carbocycles. The van der Waals surface area contributed by atoms with Crippen molar-refractivity contribution < 1.29 is 4.79 Å². The molecule has 0 radical (unpaired) electrons. The van der Waals surface area contributed by atoms with Gasteiger partial charge in [-0.1, -0.05) is 0 Å². The molecule has 0 heterocycles. The summed E-state index contributed by atoms with van der Waals surface area (Å²) in [4.78, 5) is 17.4. The lowest BCUT2D eigenvalue weighted by atomic mass is 10.1. The first kappa shape index (κ1) is 12.2. The minimum atomic E-state index is -0.115. The number of nitrogens with one attached hydrogen (secondary N) is 1. The van der Waals surface area contributed by atoms with Crippen LogP contribution in [0.25, 0.3) is 0 Å². The lowest BCUT2D eigenvalue weighted by molar-refractivity contribution is 0.0963. The topological polar surface area (TPSA) is 44.7 Å². The summed E-state index contributed by atoms with van der Waals surface area (Å²) in [5.74, 6) is -0.115. The number of hydrogen-bond acceptors (Lipinski definition) is 3. The van der Waals surface area contributed by atoms with E-state index in [1.165, 1.54) is 0 Å². The molecule has 1 N–H and O–H groups in total. The molecule has 0 bridgehead atoms. The summed E-state index contributed by atoms with van der Waals surface area (Å²) in [7, 11) is 3.58. The van der Waals surface area contributed by atoms with Crippen molar-refractivity contribution >= 4 is 24.0 Å². The highest BCUT2D eigenvalue weighted by atomic mass is 16.1. The van der Waals surface area contributed by atoms with Crippen LogP contribution in [0.4, 0.5) is 11.4 Å². The SMILES string of the molecule is C=Nc1cc(C(=O)NC)ccc1N(C)CC. The van der Waals surface area contributed by atoms with E-state index in [1.807, 2.05) is 13.1 Å². The fraction of sp³-hybridized carbons (Fsp3) is 0.333. The molecule has 1 amide bonds. The zero-order chi connectivity index (χ0) is 12.1. The van der Waals surface area contributed by atoms with Gasteiger partial charge in [0.1, 0.15) is 0 Å². The summed E-state index contributed by atoms with van der Waals surface area (Å²) in [6.07, 6.45) is 0. The van der Waals surface area contributed by atoms with E-state index in [2.05, 4.69) is 28.9 Å². The molecule has 0 spiro atoms. The van der Waals surface area contributed by atoms with E-state index >= 15 is 0 Å². The van der Waals surface area contributed by atoms with Crippen LogP contribution in [0.15, 0.2) is 23.2 Å². The van der Waals surface area contributed by atoms with E-state index < -0.39 is 0 Å². The van der Waals surface area contributed by atoms with Gasteiger partial charge in [0.2, 0.25) is 0 Å². The van der Waals surface area contributed by atoms with E-state index in [9.17, 15) is 4.79 Å². The summed E-state index contributed by atoms with van der Waals surface area (Å²) >= 11 is 0. The predicted octanol–water partition coefficient (Wildman–Crippen LogP) is 1.83. The third-order valence-corrected chi connectivity index (χ3v) is 2.52. The Bertz CT molecular complexity index is 401. The van der Waals surface area contributed by atoms with Gasteiger partial charge in [-0.2, -0.15) is 0 Å². The Balaban J connectivity index is 3.16. The van der Waals surface area contributed by atoms with Crippen LogP contribution in [0.5, 0.6) is 0 Å². The second-order valence-electron chi connectivity index (χ2n) is 3.45. The lowest BCUT2D eigenvalue weighted by Gasteiger charge is -2.19. The lowest BCUT2D eigenvalue weighted by Crippen LogP contribution is -2.19. The van der Waals surface area contributed by atoms with Crippen molar-refractivity contribution in [3.05, 3.63) is 23.8 Å². The van der Waals surface area contributed by atoms with Crippen molar-refractivity contribution in [2.75, 3.05) is 25.5 Å². The van der Waals surface area contributed by atoms with E-state index in [0.29, 0.717) is 5.56 Å². The standard InChI is InChI=1S/C12H17N3O/c1-5-15(4)11-7-6-9(12(16)14-3)8-10(11)13-2/h6-8H,2,5H2,1,3-4H3,(H,14,16). The number of carbonyl (C=O) groups is 1. The fourth-order valence-corrected chi connectivity index (χ4v) is 1.43. The van der Waals surface area contributed by atoms with Gasteiger partial charge in [-0.25, -0.2) is 0 Å². The first-order chi connectivity index (χ1) is 7.63. The molecule has 0 aliphatic carbocycles. The number of amides is 1. The van der Waals surface area contributed by atoms with E-state index in [4.69, 9.17) is 0 Å². The van der Waals surface area contributed by atoms with Crippen LogP contribution < -0.4 is 10.2 Å². The number of benzene rings is 1. The quantitative estimate of drug-likeness (QED) is 0.785. The summed E-state index contributed by atoms with van der Waals surface area (Å²) in [6, 6.07) is 5.42. The second-order valence-corrected chi connectivity index (χ2v) is 3.45. The maximum Gasteiger partial charge on any atom is 0.251 e. The third-order valence-electron chi connectivity index (χ3n) is 2.52. The molecule has 86 valence electrons. The van der Waals surface area contributed by atoms with Crippen LogP contribution in [0.3, 0.4) is 0 Å². The molecule has 1 aromatic rings. The van der Waals surface area contributed by atoms with Gasteiger partial charge in [0, 0.05) is 26.2 Å². The van der Waals surface area contributed by atoms with Gasteiger partial charge in [-0.15, -0.1) is 0 Å². The van der Waals surface area contributed by atoms with E-state index in [0.717, 1.165) is 17.9 Å². The Kier molecular flexibility index (Phi) is 4.05. The van der Waals surface area contributed by atoms with Crippen LogP contribution >= 0.6 is 0 Å². The van der Waals surface area contributed by atoms with Gasteiger partial charge in [-0.3, -0.25) is 9.79 Å². The van der Waals surface area contributed by atoms with Crippen molar-refractivity contribution in [1.82, 2.24) is 5.32 Å². The maximum absolute atomic E-state index is 11.4. The molecule has 16 heavy (non-hydrogen) atoms. The average Bonchev–Trinajstić information content (AvgIpc) is 2.35. The average molecular weight is 219 g/mol. The van der Waals surface area contributed by atoms with Gasteiger partial charge >= 0.3 is 0 Å². The maximum atomic E-state index is 11.4. The Morgan fingerprint density at radius 1 is 1.56 bits per heavy atom. The Morgan fingerprint density at radius 2 is 2.25 bits per heavy atom. The smallest absolute Gasteiger partial charge is 0.251 e. The number of anilines is 1. The molecule has 0 saturated carbocycles. The van der Waals surface area contributed by atoms with Crippen LogP contribution in [-0.4, -0.2) is 33.3 Å². The number of nitrogens with zero attached hydrogens (tertiary/aromatic N) is 2. The van der Waals surface area contributed by atoms with E-state index in [-0.39, 0.29) is 5.91 Å². The second kappa shape index (κ2) is 5.30. The summed E-state index contributed by atoms with van der Waals surface area (Å²) in [5.41, 5.74) is 2.30. The zero-order valence-electron chi connectivity index (χ0n) is 9.95. The monoisotopic (exact) mass is 219 g/mol. The number of carbonyl (C=O) groups excluding carboxylic acids is 1. The largest absolute Gasteiger partial charge is 0.373 e. The molecule has 4 heteroatoms. The molecular formula is C12H17N3O. The van der Waals surface area contributed by atoms with Crippen molar-refractivity contribution in [3.63, 3.8) is 0 Å². The summed E-state index contributed by atoms with van der Waals surface area (Å²) < 4.78 is 0. The summed E-state index contributed by atoms with van der Waals surface area (Å²) in [5, 5.41) is 2.58. The minimum absolute atomic E-state index is 0.115. The van der Waals surface area contributed by atoms with Crippen molar-refractivity contribution in [2.45, 2.75) is 6.92 Å². The molecule has 0 fully saturated rings. The van der Waals surface area contributed by atoms with Crippen LogP contribution in [0, 0.1) is 0 Å². The Labute approximate surface area is 96.0 Å². The molecule has 0 atom stereocenters. The number of rotatable bonds is 4. The molecule has 0 aliphatic rings. The predicted molar refractivity (Wildman–Crippen MR) is 68.0 cm³/mol. The first-order valence-electron chi connectivity index (χ1n) is 5.18. The van der Waals surface area contributed by atoms with Crippen molar-refractivity contribution in [3.8, 4) is 0 Å². The Hall–Kier alpha value is -1.84. The third kappa shape index (κ3) is 2.39. The Morgan fingerprint density at radius 3 is 2.75 bits per heavy atom. The molecule has 1 rings (SSSR count). The molecular weight excluding hydrogens is 202 g/mol. The minimum Gasteiger partial charge on any atom is -0.373 e. The molecule has 0 aromatic heterocycles. The van der Waals surface area contributed by atoms with Crippen LogP contribution in [-0.2, 0) is 0 Å². The van der Waals surface area contributed by atoms with Gasteiger partial charge < -0.3 is 10.2 Å². The van der Waals surface area contributed by atoms with Gasteiger partial charge in [0.05, 0.1) is 11.4 Å². The molecule has 0 saturated heterocycles. The van der Waals surface area contributed by atoms with Crippen LogP contribution in [0.2, 0.25) is 0 Å². The van der Waals surface area contributed by atoms with Gasteiger partial charge in [0.25, 0.3) is 5.91 Å². The fourth-order valence-electron chi connectivity index (χ4n) is 1.43. The zero-order valence-corrected chi connectivity index (χ0v) is 9.95. The van der Waals surface area contributed by atoms with Crippen molar-refractivity contribution in [2.24, 2.45) is 4.99 Å². The highest BCUT2D eigenvalue weighted by Crippen LogP contribution is 2.28. The molecule has 4 nitrogen and oxygen atoms in total. The number of aliphatic imine (C=N–C) groups is 1.